The number of nitrogens with zero attached hydrogens (tertiary/aromatic N) is 3. The normalized spacial score (nSPS) is 11.1. The van der Waals surface area contributed by atoms with Crippen molar-refractivity contribution in [2.45, 2.75) is 20.5 Å². The van der Waals surface area contributed by atoms with Crippen molar-refractivity contribution in [1.29, 1.82) is 0 Å². The molecule has 0 radical (unpaired) electrons. The Morgan fingerprint density at radius 2 is 2.04 bits per heavy atom. The average molecular weight is 431 g/mol. The number of benzene rings is 1. The quantitative estimate of drug-likeness (QED) is 0.438. The number of pyridine rings is 1. The molecule has 24 heavy (non-hydrogen) atoms. The summed E-state index contributed by atoms with van der Waals surface area (Å²) < 4.78 is 6.53. The molecule has 0 fully saturated rings. The van der Waals surface area contributed by atoms with Crippen molar-refractivity contribution >= 4 is 51.2 Å². The van der Waals surface area contributed by atoms with Gasteiger partial charge in [-0.25, -0.2) is 9.98 Å². The predicted molar refractivity (Wildman–Crippen MR) is 104 cm³/mol. The van der Waals surface area contributed by atoms with Gasteiger partial charge in [0.25, 0.3) is 0 Å². The van der Waals surface area contributed by atoms with Crippen molar-refractivity contribution < 1.29 is 4.74 Å². The van der Waals surface area contributed by atoms with Crippen LogP contribution in [0.15, 0.2) is 33.7 Å². The third-order valence-electron chi connectivity index (χ3n) is 3.36. The second-order valence-corrected chi connectivity index (χ2v) is 6.90. The van der Waals surface area contributed by atoms with Crippen LogP contribution in [0.1, 0.15) is 18.2 Å². The van der Waals surface area contributed by atoms with Crippen LogP contribution in [-0.2, 0) is 6.61 Å². The molecule has 0 atom stereocenters. The topological polar surface area (TPSA) is 37.7 Å². The van der Waals surface area contributed by atoms with E-state index in [1.807, 2.05) is 31.0 Å². The Morgan fingerprint density at radius 1 is 1.29 bits per heavy atom. The molecule has 0 aliphatic rings. The smallest absolute Gasteiger partial charge is 0.228 e. The van der Waals surface area contributed by atoms with E-state index in [-0.39, 0.29) is 0 Å². The van der Waals surface area contributed by atoms with Gasteiger partial charge in [-0.2, -0.15) is 0 Å². The lowest BCUT2D eigenvalue weighted by atomic mass is 10.2. The fourth-order valence-corrected chi connectivity index (χ4v) is 2.55. The van der Waals surface area contributed by atoms with Gasteiger partial charge in [0.05, 0.1) is 32.2 Å². The van der Waals surface area contributed by atoms with Crippen LogP contribution in [0.2, 0.25) is 10.0 Å². The molecule has 0 N–H and O–H groups in total. The molecule has 0 spiro atoms. The van der Waals surface area contributed by atoms with Crippen LogP contribution < -0.4 is 4.74 Å². The zero-order chi connectivity index (χ0) is 17.7. The van der Waals surface area contributed by atoms with E-state index in [1.165, 1.54) is 0 Å². The lowest BCUT2D eigenvalue weighted by Gasteiger charge is -2.11. The molecule has 0 amide bonds. The van der Waals surface area contributed by atoms with E-state index in [0.717, 1.165) is 28.0 Å². The maximum atomic E-state index is 6.01. The standard InChI is InChI=1S/C17H18BrCl2N3O/c1-4-23(3)10-21-16-8-13(18)17(22-11(16)2)24-9-12-5-6-14(19)15(20)7-12/h5-8,10H,4,9H2,1-3H3/b21-10+. The molecule has 1 heterocycles. The van der Waals surface area contributed by atoms with Gasteiger partial charge in [-0.1, -0.05) is 29.3 Å². The van der Waals surface area contributed by atoms with Crippen LogP contribution in [0.3, 0.4) is 0 Å². The van der Waals surface area contributed by atoms with Crippen LogP contribution >= 0.6 is 39.1 Å². The maximum absolute atomic E-state index is 6.01. The van der Waals surface area contributed by atoms with Gasteiger partial charge in [-0.15, -0.1) is 0 Å². The number of aromatic nitrogens is 1. The molecule has 0 saturated carbocycles. The molecule has 128 valence electrons. The van der Waals surface area contributed by atoms with Crippen molar-refractivity contribution in [3.63, 3.8) is 0 Å². The van der Waals surface area contributed by atoms with E-state index in [2.05, 4.69) is 32.8 Å². The Labute approximate surface area is 160 Å². The van der Waals surface area contributed by atoms with Gasteiger partial charge in [0.2, 0.25) is 5.88 Å². The van der Waals surface area contributed by atoms with Gasteiger partial charge >= 0.3 is 0 Å². The van der Waals surface area contributed by atoms with Gasteiger partial charge < -0.3 is 9.64 Å². The van der Waals surface area contributed by atoms with Crippen LogP contribution in [0, 0.1) is 6.92 Å². The molecular weight excluding hydrogens is 413 g/mol. The molecule has 1 aromatic heterocycles. The molecule has 0 unspecified atom stereocenters. The molecular formula is C17H18BrCl2N3O. The first-order valence-electron chi connectivity index (χ1n) is 7.39. The first kappa shape index (κ1) is 19.0. The summed E-state index contributed by atoms with van der Waals surface area (Å²) in [5.74, 6) is 0.515. The van der Waals surface area contributed by atoms with Crippen LogP contribution in [0.5, 0.6) is 5.88 Å². The largest absolute Gasteiger partial charge is 0.472 e. The highest BCUT2D eigenvalue weighted by atomic mass is 79.9. The van der Waals surface area contributed by atoms with Crippen LogP contribution in [0.4, 0.5) is 5.69 Å². The Kier molecular flexibility index (Phi) is 6.90. The van der Waals surface area contributed by atoms with Crippen molar-refractivity contribution in [2.24, 2.45) is 4.99 Å². The number of hydrogen-bond acceptors (Lipinski definition) is 3. The summed E-state index contributed by atoms with van der Waals surface area (Å²) in [5, 5.41) is 1.03. The lowest BCUT2D eigenvalue weighted by Crippen LogP contribution is -2.14. The van der Waals surface area contributed by atoms with Crippen molar-refractivity contribution in [2.75, 3.05) is 13.6 Å². The summed E-state index contributed by atoms with van der Waals surface area (Å²) in [6, 6.07) is 7.29. The molecule has 0 aliphatic heterocycles. The summed E-state index contributed by atoms with van der Waals surface area (Å²) >= 11 is 15.4. The number of aliphatic imine (C=N–C) groups is 1. The molecule has 1 aromatic carbocycles. The van der Waals surface area contributed by atoms with Gasteiger partial charge in [0, 0.05) is 13.6 Å². The van der Waals surface area contributed by atoms with E-state index >= 15 is 0 Å². The summed E-state index contributed by atoms with van der Waals surface area (Å²) in [5.41, 5.74) is 2.51. The molecule has 2 aromatic rings. The Hall–Kier alpha value is -1.30. The fourth-order valence-electron chi connectivity index (χ4n) is 1.80. The highest BCUT2D eigenvalue weighted by Gasteiger charge is 2.09. The second kappa shape index (κ2) is 8.70. The van der Waals surface area contributed by atoms with Crippen LogP contribution in [-0.4, -0.2) is 29.8 Å². The summed E-state index contributed by atoms with van der Waals surface area (Å²) in [4.78, 5) is 10.9. The zero-order valence-electron chi connectivity index (χ0n) is 13.7. The minimum absolute atomic E-state index is 0.350. The second-order valence-electron chi connectivity index (χ2n) is 5.23. The monoisotopic (exact) mass is 429 g/mol. The molecule has 2 rings (SSSR count). The fraction of sp³-hybridized carbons (Fsp3) is 0.294. The van der Waals surface area contributed by atoms with Crippen molar-refractivity contribution in [3.8, 4) is 5.88 Å². The number of aryl methyl sites for hydroxylation is 1. The predicted octanol–water partition coefficient (Wildman–Crippen LogP) is 5.65. The van der Waals surface area contributed by atoms with E-state index in [9.17, 15) is 0 Å². The lowest BCUT2D eigenvalue weighted by molar-refractivity contribution is 0.291. The summed E-state index contributed by atoms with van der Waals surface area (Å²) in [7, 11) is 1.97. The molecule has 7 heteroatoms. The van der Waals surface area contributed by atoms with E-state index in [0.29, 0.717) is 22.5 Å². The van der Waals surface area contributed by atoms with Gasteiger partial charge in [0.1, 0.15) is 6.61 Å². The molecule has 0 aliphatic carbocycles. The number of halogens is 3. The van der Waals surface area contributed by atoms with Gasteiger partial charge in [-0.05, 0) is 53.5 Å². The van der Waals surface area contributed by atoms with E-state index in [4.69, 9.17) is 27.9 Å². The van der Waals surface area contributed by atoms with Gasteiger partial charge in [0.15, 0.2) is 0 Å². The highest BCUT2D eigenvalue weighted by molar-refractivity contribution is 9.10. The first-order chi connectivity index (χ1) is 11.4. The number of hydrogen-bond donors (Lipinski definition) is 0. The summed E-state index contributed by atoms with van der Waals surface area (Å²) in [6.45, 7) is 5.20. The molecule has 0 bridgehead atoms. The van der Waals surface area contributed by atoms with Crippen LogP contribution in [0.25, 0.3) is 0 Å². The SMILES string of the molecule is CCN(C)/C=N/c1cc(Br)c(OCc2ccc(Cl)c(Cl)c2)nc1C. The Morgan fingerprint density at radius 3 is 2.71 bits per heavy atom. The van der Waals surface area contributed by atoms with Crippen molar-refractivity contribution in [1.82, 2.24) is 9.88 Å². The van der Waals surface area contributed by atoms with E-state index in [1.54, 1.807) is 18.5 Å². The number of rotatable bonds is 6. The van der Waals surface area contributed by atoms with E-state index < -0.39 is 0 Å². The summed E-state index contributed by atoms with van der Waals surface area (Å²) in [6.07, 6.45) is 1.78. The minimum atomic E-state index is 0.350. The highest BCUT2D eigenvalue weighted by Crippen LogP contribution is 2.30. The van der Waals surface area contributed by atoms with Crippen molar-refractivity contribution in [3.05, 3.63) is 50.0 Å². The maximum Gasteiger partial charge on any atom is 0.228 e. The third kappa shape index (κ3) is 5.10. The minimum Gasteiger partial charge on any atom is -0.472 e. The third-order valence-corrected chi connectivity index (χ3v) is 4.67. The number of ether oxygens (including phenoxy) is 1. The average Bonchev–Trinajstić information content (AvgIpc) is 2.56. The molecule has 4 nitrogen and oxygen atoms in total. The Bertz CT molecular complexity index is 753. The zero-order valence-corrected chi connectivity index (χ0v) is 16.8. The molecule has 0 saturated heterocycles. The van der Waals surface area contributed by atoms with Gasteiger partial charge in [-0.3, -0.25) is 0 Å². The Balaban J connectivity index is 2.12. The first-order valence-corrected chi connectivity index (χ1v) is 8.94.